The number of H-pyrrole nitrogens is 1. The van der Waals surface area contributed by atoms with Gasteiger partial charge in [0.1, 0.15) is 17.8 Å². The third-order valence-corrected chi connectivity index (χ3v) is 5.47. The van der Waals surface area contributed by atoms with Crippen molar-refractivity contribution in [3.63, 3.8) is 0 Å². The van der Waals surface area contributed by atoms with Crippen LogP contribution in [0, 0.1) is 0 Å². The second kappa shape index (κ2) is 8.88. The number of nitrogens with one attached hydrogen (secondary N) is 2. The number of carbonyl (C=O) groups is 1. The number of anilines is 1. The summed E-state index contributed by atoms with van der Waals surface area (Å²) in [5.74, 6) is 0.737. The van der Waals surface area contributed by atoms with Crippen molar-refractivity contribution in [1.29, 1.82) is 0 Å². The lowest BCUT2D eigenvalue weighted by Crippen LogP contribution is -2.33. The molecule has 168 valence electrons. The molecule has 0 bridgehead atoms. The highest BCUT2D eigenvalue weighted by molar-refractivity contribution is 6.07. The molecule has 0 saturated heterocycles. The van der Waals surface area contributed by atoms with Gasteiger partial charge in [-0.25, -0.2) is 14.8 Å². The fourth-order valence-corrected chi connectivity index (χ4v) is 3.65. The van der Waals surface area contributed by atoms with E-state index in [4.69, 9.17) is 9.72 Å². The Morgan fingerprint density at radius 2 is 2.03 bits per heavy atom. The summed E-state index contributed by atoms with van der Waals surface area (Å²) in [5, 5.41) is 4.13. The van der Waals surface area contributed by atoms with Crippen molar-refractivity contribution in [3.8, 4) is 11.3 Å². The fourth-order valence-electron chi connectivity index (χ4n) is 3.65. The van der Waals surface area contributed by atoms with Crippen LogP contribution < -0.4 is 5.32 Å². The second-order valence-electron chi connectivity index (χ2n) is 8.19. The Morgan fingerprint density at radius 1 is 1.22 bits per heavy atom. The zero-order valence-corrected chi connectivity index (χ0v) is 19.1. The minimum Gasteiger partial charge on any atom is -0.445 e. The summed E-state index contributed by atoms with van der Waals surface area (Å²) >= 11 is 0. The van der Waals surface area contributed by atoms with Crippen molar-refractivity contribution in [2.75, 3.05) is 46.6 Å². The molecule has 1 aromatic carbocycles. The third kappa shape index (κ3) is 4.24. The highest BCUT2D eigenvalue weighted by atomic mass is 16.6. The number of ether oxygens (including phenoxy) is 1. The number of aromatic nitrogens is 4. The van der Waals surface area contributed by atoms with Gasteiger partial charge in [0.25, 0.3) is 0 Å². The smallest absolute Gasteiger partial charge is 0.409 e. The van der Waals surface area contributed by atoms with E-state index in [1.807, 2.05) is 61.9 Å². The van der Waals surface area contributed by atoms with Gasteiger partial charge in [0, 0.05) is 45.3 Å². The predicted molar refractivity (Wildman–Crippen MR) is 127 cm³/mol. The number of amides is 1. The van der Waals surface area contributed by atoms with Crippen molar-refractivity contribution < 1.29 is 9.53 Å². The average molecular weight is 436 g/mol. The van der Waals surface area contributed by atoms with Gasteiger partial charge in [0.2, 0.25) is 0 Å². The molecule has 9 nitrogen and oxygen atoms in total. The number of rotatable bonds is 7. The molecule has 4 rings (SSSR count). The van der Waals surface area contributed by atoms with Crippen LogP contribution >= 0.6 is 0 Å². The summed E-state index contributed by atoms with van der Waals surface area (Å²) in [6.45, 7) is 1.62. The van der Waals surface area contributed by atoms with Crippen LogP contribution in [0.1, 0.15) is 5.56 Å². The highest BCUT2D eigenvalue weighted by Crippen LogP contribution is 2.31. The molecule has 0 fully saturated rings. The lowest BCUT2D eigenvalue weighted by Gasteiger charge is -2.19. The lowest BCUT2D eigenvalue weighted by molar-refractivity contribution is 0.102. The predicted octanol–water partition coefficient (Wildman–Crippen LogP) is 3.29. The van der Waals surface area contributed by atoms with Crippen LogP contribution in [0.25, 0.3) is 33.3 Å². The first-order valence-corrected chi connectivity index (χ1v) is 10.5. The first-order valence-electron chi connectivity index (χ1n) is 10.5. The molecule has 0 spiro atoms. The number of benzene rings is 1. The number of pyridine rings is 1. The van der Waals surface area contributed by atoms with Gasteiger partial charge in [-0.3, -0.25) is 0 Å². The number of aryl methyl sites for hydroxylation is 1. The highest BCUT2D eigenvalue weighted by Gasteiger charge is 2.15. The molecular formula is C23H29N7O2. The minimum absolute atomic E-state index is 0.216. The van der Waals surface area contributed by atoms with Gasteiger partial charge < -0.3 is 29.4 Å². The number of hydrogen-bond donors (Lipinski definition) is 2. The quantitative estimate of drug-likeness (QED) is 0.463. The summed E-state index contributed by atoms with van der Waals surface area (Å²) in [7, 11) is 9.52. The number of likely N-dealkylation sites (N-methyl/N-ethyl adjacent to an activating group) is 2. The van der Waals surface area contributed by atoms with Crippen LogP contribution in [-0.4, -0.2) is 76.7 Å². The molecule has 1 amide bonds. The Labute approximate surface area is 187 Å². The molecule has 4 aromatic rings. The number of imidazole rings is 1. The van der Waals surface area contributed by atoms with Crippen molar-refractivity contribution in [2.24, 2.45) is 7.05 Å². The van der Waals surface area contributed by atoms with Crippen LogP contribution in [0.5, 0.6) is 0 Å². The minimum atomic E-state index is -0.328. The molecule has 0 radical (unpaired) electrons. The topological polar surface area (TPSA) is 91.3 Å². The Kier molecular flexibility index (Phi) is 6.00. The van der Waals surface area contributed by atoms with E-state index in [1.165, 1.54) is 0 Å². The molecule has 0 atom stereocenters. The number of nitrogens with zero attached hydrogens (tertiary/aromatic N) is 5. The van der Waals surface area contributed by atoms with Gasteiger partial charge >= 0.3 is 6.09 Å². The van der Waals surface area contributed by atoms with Gasteiger partial charge in [0.15, 0.2) is 5.82 Å². The van der Waals surface area contributed by atoms with Crippen LogP contribution in [-0.2, 0) is 18.4 Å². The van der Waals surface area contributed by atoms with Gasteiger partial charge in [-0.05, 0) is 37.4 Å². The van der Waals surface area contributed by atoms with Gasteiger partial charge in [-0.15, -0.1) is 0 Å². The summed E-state index contributed by atoms with van der Waals surface area (Å²) in [6.07, 6.45) is 1.47. The normalized spacial score (nSPS) is 11.4. The SMILES string of the molecule is CNc1nc2[nH]c(-c3cccc(COC(=O)N(C)CCN(C)C)c3)cc2c2c1ncn2C. The Balaban J connectivity index is 1.56. The van der Waals surface area contributed by atoms with E-state index < -0.39 is 0 Å². The molecule has 3 heterocycles. The fraction of sp³-hybridized carbons (Fsp3) is 0.348. The number of aromatic amines is 1. The molecule has 9 heteroatoms. The van der Waals surface area contributed by atoms with Crippen molar-refractivity contribution >= 4 is 34.0 Å². The van der Waals surface area contributed by atoms with Gasteiger partial charge in [0.05, 0.1) is 11.8 Å². The van der Waals surface area contributed by atoms with E-state index in [-0.39, 0.29) is 12.7 Å². The molecule has 0 unspecified atom stereocenters. The van der Waals surface area contributed by atoms with E-state index in [1.54, 1.807) is 18.3 Å². The van der Waals surface area contributed by atoms with Crippen LogP contribution in [0.15, 0.2) is 36.7 Å². The monoisotopic (exact) mass is 435 g/mol. The largest absolute Gasteiger partial charge is 0.445 e. The molecule has 2 N–H and O–H groups in total. The van der Waals surface area contributed by atoms with Gasteiger partial charge in [-0.1, -0.05) is 18.2 Å². The van der Waals surface area contributed by atoms with E-state index in [0.29, 0.717) is 6.54 Å². The molecular weight excluding hydrogens is 406 g/mol. The zero-order valence-electron chi connectivity index (χ0n) is 19.1. The molecule has 0 aliphatic rings. The number of hydrogen-bond acceptors (Lipinski definition) is 6. The lowest BCUT2D eigenvalue weighted by atomic mass is 10.1. The Hall–Kier alpha value is -3.59. The van der Waals surface area contributed by atoms with E-state index in [9.17, 15) is 4.79 Å². The van der Waals surface area contributed by atoms with Crippen molar-refractivity contribution in [2.45, 2.75) is 6.61 Å². The summed E-state index contributed by atoms with van der Waals surface area (Å²) in [5.41, 5.74) is 5.52. The first-order chi connectivity index (χ1) is 15.4. The van der Waals surface area contributed by atoms with Crippen molar-refractivity contribution in [1.82, 2.24) is 29.3 Å². The van der Waals surface area contributed by atoms with Gasteiger partial charge in [-0.2, -0.15) is 0 Å². The van der Waals surface area contributed by atoms with Crippen LogP contribution in [0.4, 0.5) is 10.6 Å². The maximum absolute atomic E-state index is 12.2. The Morgan fingerprint density at radius 3 is 2.78 bits per heavy atom. The summed E-state index contributed by atoms with van der Waals surface area (Å²) < 4.78 is 7.49. The second-order valence-corrected chi connectivity index (χ2v) is 8.19. The third-order valence-electron chi connectivity index (χ3n) is 5.47. The maximum Gasteiger partial charge on any atom is 0.409 e. The number of carbonyl (C=O) groups excluding carboxylic acids is 1. The zero-order chi connectivity index (χ0) is 22.8. The van der Waals surface area contributed by atoms with E-state index in [2.05, 4.69) is 21.4 Å². The maximum atomic E-state index is 12.2. The molecule has 0 saturated carbocycles. The molecule has 0 aliphatic heterocycles. The summed E-state index contributed by atoms with van der Waals surface area (Å²) in [6, 6.07) is 10.1. The molecule has 0 aliphatic carbocycles. The molecule has 3 aromatic heterocycles. The molecule has 32 heavy (non-hydrogen) atoms. The number of fused-ring (bicyclic) bond motifs is 3. The van der Waals surface area contributed by atoms with E-state index >= 15 is 0 Å². The van der Waals surface area contributed by atoms with Crippen LogP contribution in [0.3, 0.4) is 0 Å². The summed E-state index contributed by atoms with van der Waals surface area (Å²) in [4.78, 5) is 28.5. The standard InChI is InChI=1S/C23H29N7O2/c1-24-22-19-20(30(5)14-25-19)17-12-18(26-21(17)27-22)16-8-6-7-15(11-16)13-32-23(31)29(4)10-9-28(2)3/h6-8,11-12,14H,9-10,13H2,1-5H3,(H2,24,26,27). The first kappa shape index (κ1) is 21.6. The van der Waals surface area contributed by atoms with E-state index in [0.717, 1.165) is 51.3 Å². The average Bonchev–Trinajstić information content (AvgIpc) is 3.38. The van der Waals surface area contributed by atoms with Crippen LogP contribution in [0.2, 0.25) is 0 Å². The van der Waals surface area contributed by atoms with Crippen molar-refractivity contribution in [3.05, 3.63) is 42.2 Å². The Bertz CT molecular complexity index is 1260.